The third kappa shape index (κ3) is 2.90. The number of aromatic nitrogens is 3. The van der Waals surface area contributed by atoms with Crippen LogP contribution in [0.25, 0.3) is 0 Å². The van der Waals surface area contributed by atoms with Gasteiger partial charge in [0, 0.05) is 17.2 Å². The molecule has 1 heterocycles. The summed E-state index contributed by atoms with van der Waals surface area (Å²) < 4.78 is 28.8. The number of anilines is 2. The van der Waals surface area contributed by atoms with Gasteiger partial charge in [-0.3, -0.25) is 4.72 Å². The first-order valence-electron chi connectivity index (χ1n) is 4.94. The van der Waals surface area contributed by atoms with Gasteiger partial charge in [-0.15, -0.1) is 5.10 Å². The minimum absolute atomic E-state index is 0.0591. The lowest BCUT2D eigenvalue weighted by atomic mass is 10.3. The number of rotatable bonds is 3. The molecule has 0 saturated carbocycles. The quantitative estimate of drug-likeness (QED) is 0.750. The first-order valence-corrected chi connectivity index (χ1v) is 8.01. The first kappa shape index (κ1) is 14.3. The number of nitrogen functional groups attached to an aromatic ring is 1. The largest absolute Gasteiger partial charge is 0.399 e. The van der Waals surface area contributed by atoms with Crippen molar-refractivity contribution in [2.45, 2.75) is 5.03 Å². The molecule has 2 rings (SSSR count). The van der Waals surface area contributed by atoms with Crippen LogP contribution < -0.4 is 10.5 Å². The Hall–Kier alpha value is -1.13. The fraction of sp³-hybridized carbons (Fsp3) is 0.111. The maximum Gasteiger partial charge on any atom is 0.281 e. The van der Waals surface area contributed by atoms with Crippen molar-refractivity contribution in [1.82, 2.24) is 15.0 Å². The number of nitrogens with zero attached hydrogens (tertiary/aromatic N) is 3. The summed E-state index contributed by atoms with van der Waals surface area (Å²) in [4.78, 5) is 0. The maximum absolute atomic E-state index is 12.2. The summed E-state index contributed by atoms with van der Waals surface area (Å²) in [5.41, 5.74) is 6.50. The van der Waals surface area contributed by atoms with Crippen molar-refractivity contribution in [3.8, 4) is 0 Å². The highest BCUT2D eigenvalue weighted by molar-refractivity contribution is 9.10. The fourth-order valence-electron chi connectivity index (χ4n) is 1.42. The highest BCUT2D eigenvalue weighted by Crippen LogP contribution is 2.28. The maximum atomic E-state index is 12.2. The van der Waals surface area contributed by atoms with Gasteiger partial charge in [0.2, 0.25) is 5.03 Å². The summed E-state index contributed by atoms with van der Waals surface area (Å²) in [7, 11) is -2.31. The third-order valence-electron chi connectivity index (χ3n) is 2.23. The molecule has 0 atom stereocenters. The predicted octanol–water partition coefficient (Wildman–Crippen LogP) is 1.72. The van der Waals surface area contributed by atoms with Crippen molar-refractivity contribution < 1.29 is 8.42 Å². The van der Waals surface area contributed by atoms with Crippen molar-refractivity contribution in [2.75, 3.05) is 10.5 Å². The van der Waals surface area contributed by atoms with Crippen LogP contribution in [0.3, 0.4) is 0 Å². The average molecular weight is 411 g/mol. The molecule has 1 aromatic carbocycles. The van der Waals surface area contributed by atoms with Gasteiger partial charge >= 0.3 is 0 Å². The van der Waals surface area contributed by atoms with E-state index in [1.54, 1.807) is 18.2 Å². The van der Waals surface area contributed by atoms with Crippen molar-refractivity contribution in [3.05, 3.63) is 27.3 Å². The summed E-state index contributed by atoms with van der Waals surface area (Å²) >= 11 is 6.29. The minimum Gasteiger partial charge on any atom is -0.399 e. The number of hydrogen-bond donors (Lipinski definition) is 2. The third-order valence-corrected chi connectivity index (χ3v) is 5.14. The van der Waals surface area contributed by atoms with Crippen molar-refractivity contribution in [3.63, 3.8) is 0 Å². The van der Waals surface area contributed by atoms with Crippen LogP contribution in [0.1, 0.15) is 0 Å². The molecule has 102 valence electrons. The molecule has 0 bridgehead atoms. The zero-order chi connectivity index (χ0) is 14.2. The predicted molar refractivity (Wildman–Crippen MR) is 78.1 cm³/mol. The molecule has 0 saturated heterocycles. The Morgan fingerprint density at radius 3 is 2.58 bits per heavy atom. The van der Waals surface area contributed by atoms with Crippen LogP contribution in [0.4, 0.5) is 11.4 Å². The van der Waals surface area contributed by atoms with Gasteiger partial charge in [-0.2, -0.15) is 8.42 Å². The molecule has 0 aliphatic carbocycles. The van der Waals surface area contributed by atoms with Crippen LogP contribution in [0, 0.1) is 0 Å². The highest BCUT2D eigenvalue weighted by atomic mass is 79.9. The molecule has 0 unspecified atom stereocenters. The van der Waals surface area contributed by atoms with Gasteiger partial charge in [-0.25, -0.2) is 4.68 Å². The smallest absolute Gasteiger partial charge is 0.281 e. The SMILES string of the molecule is Cn1nnc(Br)c1S(=O)(=O)Nc1ccc(N)cc1Br. The molecule has 19 heavy (non-hydrogen) atoms. The van der Waals surface area contributed by atoms with E-state index in [1.165, 1.54) is 7.05 Å². The van der Waals surface area contributed by atoms with E-state index in [0.29, 0.717) is 15.8 Å². The second-order valence-corrected chi connectivity index (χ2v) is 6.86. The van der Waals surface area contributed by atoms with Crippen LogP contribution >= 0.6 is 31.9 Å². The lowest BCUT2D eigenvalue weighted by Crippen LogP contribution is -2.17. The molecule has 7 nitrogen and oxygen atoms in total. The Morgan fingerprint density at radius 2 is 2.05 bits per heavy atom. The zero-order valence-electron chi connectivity index (χ0n) is 9.63. The topological polar surface area (TPSA) is 103 Å². The average Bonchev–Trinajstić information content (AvgIpc) is 2.63. The van der Waals surface area contributed by atoms with Gasteiger partial charge in [0.05, 0.1) is 5.69 Å². The van der Waals surface area contributed by atoms with Crippen LogP contribution in [0.5, 0.6) is 0 Å². The highest BCUT2D eigenvalue weighted by Gasteiger charge is 2.24. The zero-order valence-corrected chi connectivity index (χ0v) is 13.6. The van der Waals surface area contributed by atoms with E-state index in [1.807, 2.05) is 0 Å². The standard InChI is InChI=1S/C9H9Br2N5O2S/c1-16-9(8(11)13-15-16)19(17,18)14-7-3-2-5(12)4-6(7)10/h2-4,14H,12H2,1H3. The summed E-state index contributed by atoms with van der Waals surface area (Å²) in [5, 5.41) is 7.21. The van der Waals surface area contributed by atoms with Crippen LogP contribution in [0.15, 0.2) is 32.3 Å². The first-order chi connectivity index (χ1) is 8.81. The molecule has 0 fully saturated rings. The second kappa shape index (κ2) is 5.10. The number of hydrogen-bond acceptors (Lipinski definition) is 5. The Labute approximate surface area is 126 Å². The Bertz CT molecular complexity index is 709. The molecule has 0 aliphatic heterocycles. The fourth-order valence-corrected chi connectivity index (χ4v) is 4.22. The van der Waals surface area contributed by atoms with Crippen molar-refractivity contribution >= 4 is 53.3 Å². The molecule has 0 aliphatic rings. The number of benzene rings is 1. The molecule has 2 aromatic rings. The van der Waals surface area contributed by atoms with Gasteiger partial charge < -0.3 is 5.73 Å². The van der Waals surface area contributed by atoms with Crippen LogP contribution in [-0.2, 0) is 17.1 Å². The molecular weight excluding hydrogens is 402 g/mol. The van der Waals surface area contributed by atoms with E-state index in [-0.39, 0.29) is 9.63 Å². The number of halogens is 2. The molecule has 0 amide bonds. The molecule has 1 aromatic heterocycles. The molecular formula is C9H9Br2N5O2S. The number of aryl methyl sites for hydroxylation is 1. The molecule has 0 radical (unpaired) electrons. The van der Waals surface area contributed by atoms with Gasteiger partial charge in [0.15, 0.2) is 4.60 Å². The van der Waals surface area contributed by atoms with Crippen LogP contribution in [0.2, 0.25) is 0 Å². The van der Waals surface area contributed by atoms with E-state index in [9.17, 15) is 8.42 Å². The summed E-state index contributed by atoms with van der Waals surface area (Å²) in [6.07, 6.45) is 0. The molecule has 0 spiro atoms. The van der Waals surface area contributed by atoms with E-state index in [2.05, 4.69) is 46.9 Å². The van der Waals surface area contributed by atoms with E-state index >= 15 is 0 Å². The number of nitrogens with two attached hydrogens (primary N) is 1. The van der Waals surface area contributed by atoms with Crippen LogP contribution in [-0.4, -0.2) is 23.4 Å². The monoisotopic (exact) mass is 409 g/mol. The van der Waals surface area contributed by atoms with Crippen molar-refractivity contribution in [2.24, 2.45) is 7.05 Å². The van der Waals surface area contributed by atoms with E-state index in [4.69, 9.17) is 5.73 Å². The number of sulfonamides is 1. The number of nitrogens with one attached hydrogen (secondary N) is 1. The van der Waals surface area contributed by atoms with Crippen molar-refractivity contribution in [1.29, 1.82) is 0 Å². The Kier molecular flexibility index (Phi) is 3.83. The lowest BCUT2D eigenvalue weighted by molar-refractivity contribution is 0.578. The summed E-state index contributed by atoms with van der Waals surface area (Å²) in [6, 6.07) is 4.77. The van der Waals surface area contributed by atoms with E-state index < -0.39 is 10.0 Å². The summed E-state index contributed by atoms with van der Waals surface area (Å²) in [6.45, 7) is 0. The Balaban J connectivity index is 2.42. The minimum atomic E-state index is -3.80. The van der Waals surface area contributed by atoms with Gasteiger partial charge in [-0.1, -0.05) is 5.21 Å². The van der Waals surface area contributed by atoms with Gasteiger partial charge in [-0.05, 0) is 50.1 Å². The molecule has 3 N–H and O–H groups in total. The molecule has 10 heteroatoms. The normalized spacial score (nSPS) is 11.5. The Morgan fingerprint density at radius 1 is 1.37 bits per heavy atom. The lowest BCUT2D eigenvalue weighted by Gasteiger charge is -2.10. The van der Waals surface area contributed by atoms with Gasteiger partial charge in [0.25, 0.3) is 10.0 Å². The summed E-state index contributed by atoms with van der Waals surface area (Å²) in [5.74, 6) is 0. The van der Waals surface area contributed by atoms with E-state index in [0.717, 1.165) is 4.68 Å². The van der Waals surface area contributed by atoms with Gasteiger partial charge in [0.1, 0.15) is 0 Å². The second-order valence-electron chi connectivity index (χ2n) is 3.65.